The first-order valence-corrected chi connectivity index (χ1v) is 9.15. The number of amides is 1. The summed E-state index contributed by atoms with van der Waals surface area (Å²) in [5.74, 6) is -0.453. The topological polar surface area (TPSA) is 94.8 Å². The van der Waals surface area contributed by atoms with Gasteiger partial charge in [0.15, 0.2) is 12.3 Å². The van der Waals surface area contributed by atoms with E-state index in [0.29, 0.717) is 17.1 Å². The van der Waals surface area contributed by atoms with Gasteiger partial charge in [-0.2, -0.15) is 5.10 Å². The van der Waals surface area contributed by atoms with Crippen molar-refractivity contribution in [2.45, 2.75) is 0 Å². The average Bonchev–Trinajstić information content (AvgIpc) is 3.23. The molecule has 0 atom stereocenters. The lowest BCUT2D eigenvalue weighted by Gasteiger charge is -2.07. The van der Waals surface area contributed by atoms with Crippen LogP contribution in [0.3, 0.4) is 0 Å². The first kappa shape index (κ1) is 19.1. The van der Waals surface area contributed by atoms with Crippen LogP contribution in [0.1, 0.15) is 10.4 Å². The number of carbonyl (C=O) groups is 2. The van der Waals surface area contributed by atoms with Crippen molar-refractivity contribution in [3.8, 4) is 17.0 Å². The molecule has 1 amide bonds. The van der Waals surface area contributed by atoms with E-state index in [1.165, 1.54) is 6.20 Å². The number of anilines is 1. The van der Waals surface area contributed by atoms with Crippen molar-refractivity contribution in [1.82, 2.24) is 14.6 Å². The van der Waals surface area contributed by atoms with Gasteiger partial charge in [0, 0.05) is 17.4 Å². The van der Waals surface area contributed by atoms with E-state index in [-0.39, 0.29) is 5.56 Å². The Bertz CT molecular complexity index is 1190. The molecule has 0 radical (unpaired) electrons. The lowest BCUT2D eigenvalue weighted by Crippen LogP contribution is -2.21. The van der Waals surface area contributed by atoms with E-state index in [1.807, 2.05) is 36.4 Å². The van der Waals surface area contributed by atoms with Crippen LogP contribution in [0.2, 0.25) is 0 Å². The van der Waals surface area contributed by atoms with Crippen LogP contribution in [0.4, 0.5) is 5.69 Å². The molecule has 30 heavy (non-hydrogen) atoms. The molecule has 0 saturated carbocycles. The van der Waals surface area contributed by atoms with Gasteiger partial charge in [0.1, 0.15) is 11.3 Å². The summed E-state index contributed by atoms with van der Waals surface area (Å²) in [5.41, 5.74) is 2.84. The third-order valence-electron chi connectivity index (χ3n) is 4.40. The summed E-state index contributed by atoms with van der Waals surface area (Å²) in [6, 6.07) is 18.3. The summed E-state index contributed by atoms with van der Waals surface area (Å²) in [4.78, 5) is 28.8. The Morgan fingerprint density at radius 2 is 1.80 bits per heavy atom. The van der Waals surface area contributed by atoms with Crippen LogP contribution in [0.25, 0.3) is 16.9 Å². The van der Waals surface area contributed by atoms with Gasteiger partial charge >= 0.3 is 5.97 Å². The third-order valence-corrected chi connectivity index (χ3v) is 4.40. The lowest BCUT2D eigenvalue weighted by atomic mass is 10.1. The second kappa shape index (κ2) is 8.44. The molecule has 0 bridgehead atoms. The van der Waals surface area contributed by atoms with Gasteiger partial charge in [0.25, 0.3) is 5.91 Å². The number of carbonyl (C=O) groups excluding carboxylic acids is 2. The number of rotatable bonds is 6. The summed E-state index contributed by atoms with van der Waals surface area (Å²) in [6.45, 7) is -0.430. The number of fused-ring (bicyclic) bond motifs is 1. The quantitative estimate of drug-likeness (QED) is 0.498. The van der Waals surface area contributed by atoms with E-state index in [1.54, 1.807) is 42.1 Å². The molecule has 150 valence electrons. The minimum absolute atomic E-state index is 0.185. The number of methoxy groups -OCH3 is 1. The maximum Gasteiger partial charge on any atom is 0.344 e. The zero-order chi connectivity index (χ0) is 20.9. The summed E-state index contributed by atoms with van der Waals surface area (Å²) in [7, 11) is 1.56. The molecule has 2 aromatic heterocycles. The highest BCUT2D eigenvalue weighted by Crippen LogP contribution is 2.21. The van der Waals surface area contributed by atoms with E-state index < -0.39 is 18.5 Å². The standard InChI is InChI=1S/C22H18N4O4/c1-29-17-9-7-16(8-10-17)25-20(27)14-30-22(28)18-13-24-26-19(11-12-23-21(18)26)15-5-3-2-4-6-15/h2-13H,14H2,1H3,(H,25,27). The van der Waals surface area contributed by atoms with Crippen LogP contribution in [-0.2, 0) is 9.53 Å². The number of aromatic nitrogens is 3. The number of benzene rings is 2. The number of hydrogen-bond acceptors (Lipinski definition) is 6. The highest BCUT2D eigenvalue weighted by atomic mass is 16.5. The monoisotopic (exact) mass is 402 g/mol. The van der Waals surface area contributed by atoms with E-state index in [2.05, 4.69) is 15.4 Å². The Kier molecular flexibility index (Phi) is 5.38. The Labute approximate surface area is 172 Å². The van der Waals surface area contributed by atoms with Crippen LogP contribution in [0.15, 0.2) is 73.1 Å². The molecule has 0 aliphatic heterocycles. The molecular formula is C22H18N4O4. The average molecular weight is 402 g/mol. The molecule has 2 aromatic carbocycles. The molecule has 4 rings (SSSR count). The number of esters is 1. The van der Waals surface area contributed by atoms with Crippen molar-refractivity contribution >= 4 is 23.2 Å². The number of ether oxygens (including phenoxy) is 2. The normalized spacial score (nSPS) is 10.6. The molecule has 0 aliphatic carbocycles. The van der Waals surface area contributed by atoms with Crippen molar-refractivity contribution < 1.29 is 19.1 Å². The number of nitrogens with zero attached hydrogens (tertiary/aromatic N) is 3. The smallest absolute Gasteiger partial charge is 0.344 e. The van der Waals surface area contributed by atoms with Gasteiger partial charge in [-0.3, -0.25) is 4.79 Å². The molecule has 2 heterocycles. The Hall–Kier alpha value is -4.20. The lowest BCUT2D eigenvalue weighted by molar-refractivity contribution is -0.119. The van der Waals surface area contributed by atoms with Crippen LogP contribution >= 0.6 is 0 Å². The van der Waals surface area contributed by atoms with E-state index in [4.69, 9.17) is 9.47 Å². The molecule has 0 aliphatic rings. The Balaban J connectivity index is 1.45. The Morgan fingerprint density at radius 1 is 1.03 bits per heavy atom. The predicted octanol–water partition coefficient (Wildman–Crippen LogP) is 3.20. The molecule has 8 nitrogen and oxygen atoms in total. The predicted molar refractivity (Wildman–Crippen MR) is 110 cm³/mol. The Morgan fingerprint density at radius 3 is 2.53 bits per heavy atom. The molecule has 8 heteroatoms. The largest absolute Gasteiger partial charge is 0.497 e. The summed E-state index contributed by atoms with van der Waals surface area (Å²) in [5, 5.41) is 6.92. The molecule has 0 unspecified atom stereocenters. The highest BCUT2D eigenvalue weighted by Gasteiger charge is 2.18. The first-order chi connectivity index (χ1) is 14.7. The van der Waals surface area contributed by atoms with Crippen LogP contribution in [0.5, 0.6) is 5.75 Å². The summed E-state index contributed by atoms with van der Waals surface area (Å²) >= 11 is 0. The molecule has 0 saturated heterocycles. The summed E-state index contributed by atoms with van der Waals surface area (Å²) in [6.07, 6.45) is 2.99. The first-order valence-electron chi connectivity index (χ1n) is 9.15. The van der Waals surface area contributed by atoms with Gasteiger partial charge in [0.2, 0.25) is 0 Å². The van der Waals surface area contributed by atoms with Crippen molar-refractivity contribution in [1.29, 1.82) is 0 Å². The van der Waals surface area contributed by atoms with Gasteiger partial charge in [-0.15, -0.1) is 0 Å². The third kappa shape index (κ3) is 3.97. The molecule has 0 spiro atoms. The zero-order valence-corrected chi connectivity index (χ0v) is 16.1. The highest BCUT2D eigenvalue weighted by molar-refractivity contribution is 5.98. The van der Waals surface area contributed by atoms with Gasteiger partial charge in [-0.05, 0) is 30.3 Å². The van der Waals surface area contributed by atoms with E-state index >= 15 is 0 Å². The van der Waals surface area contributed by atoms with E-state index in [0.717, 1.165) is 11.3 Å². The molecular weight excluding hydrogens is 384 g/mol. The van der Waals surface area contributed by atoms with Crippen LogP contribution < -0.4 is 10.1 Å². The van der Waals surface area contributed by atoms with Crippen molar-refractivity contribution in [2.75, 3.05) is 19.0 Å². The van der Waals surface area contributed by atoms with Crippen molar-refractivity contribution in [2.24, 2.45) is 0 Å². The zero-order valence-electron chi connectivity index (χ0n) is 16.1. The minimum atomic E-state index is -0.674. The number of nitrogens with one attached hydrogen (secondary N) is 1. The fourth-order valence-corrected chi connectivity index (χ4v) is 2.94. The summed E-state index contributed by atoms with van der Waals surface area (Å²) < 4.78 is 11.8. The minimum Gasteiger partial charge on any atom is -0.497 e. The maximum atomic E-state index is 12.5. The van der Waals surface area contributed by atoms with Crippen molar-refractivity contribution in [3.63, 3.8) is 0 Å². The van der Waals surface area contributed by atoms with Crippen LogP contribution in [0, 0.1) is 0 Å². The van der Waals surface area contributed by atoms with Crippen molar-refractivity contribution in [3.05, 3.63) is 78.6 Å². The van der Waals surface area contributed by atoms with E-state index in [9.17, 15) is 9.59 Å². The molecule has 4 aromatic rings. The van der Waals surface area contributed by atoms with Gasteiger partial charge in [-0.25, -0.2) is 14.3 Å². The second-order valence-electron chi connectivity index (χ2n) is 6.34. The second-order valence-corrected chi connectivity index (χ2v) is 6.34. The van der Waals surface area contributed by atoms with Gasteiger partial charge < -0.3 is 14.8 Å². The van der Waals surface area contributed by atoms with Gasteiger partial charge in [-0.1, -0.05) is 30.3 Å². The SMILES string of the molecule is COc1ccc(NC(=O)COC(=O)c2cnn3c(-c4ccccc4)ccnc23)cc1. The van der Waals surface area contributed by atoms with Crippen LogP contribution in [-0.4, -0.2) is 40.2 Å². The fraction of sp³-hybridized carbons (Fsp3) is 0.0909. The molecule has 0 fully saturated rings. The fourth-order valence-electron chi connectivity index (χ4n) is 2.94. The maximum absolute atomic E-state index is 12.5. The molecule has 1 N–H and O–H groups in total. The number of hydrogen-bond donors (Lipinski definition) is 1. The van der Waals surface area contributed by atoms with Gasteiger partial charge in [0.05, 0.1) is 19.0 Å².